The van der Waals surface area contributed by atoms with E-state index < -0.39 is 0 Å². The fourth-order valence-electron chi connectivity index (χ4n) is 4.79. The Morgan fingerprint density at radius 1 is 0.267 bits per heavy atom. The van der Waals surface area contributed by atoms with Crippen LogP contribution in [0.25, 0.3) is 0 Å². The zero-order valence-electron chi connectivity index (χ0n) is 22.8. The van der Waals surface area contributed by atoms with Crippen LogP contribution in [0.2, 0.25) is 0 Å². The minimum absolute atomic E-state index is 0.881. The van der Waals surface area contributed by atoms with Crippen molar-refractivity contribution in [2.24, 2.45) is 35.5 Å². The molecule has 0 amide bonds. The molecule has 4 unspecified atom stereocenters. The van der Waals surface area contributed by atoms with E-state index in [4.69, 9.17) is 0 Å². The molecule has 0 aliphatic rings. The van der Waals surface area contributed by atoms with Gasteiger partial charge in [-0.05, 0) is 35.5 Å². The minimum atomic E-state index is 0.881. The first-order valence-corrected chi connectivity index (χ1v) is 14.2. The van der Waals surface area contributed by atoms with E-state index in [-0.39, 0.29) is 0 Å². The highest BCUT2D eigenvalue weighted by molar-refractivity contribution is 4.63. The Hall–Kier alpha value is 0. The first-order chi connectivity index (χ1) is 14.2. The molecule has 0 aromatic heterocycles. The zero-order valence-corrected chi connectivity index (χ0v) is 22.8. The summed E-state index contributed by atoms with van der Waals surface area (Å²) in [5.41, 5.74) is 0. The van der Waals surface area contributed by atoms with Crippen LogP contribution in [0.5, 0.6) is 0 Å². The fourth-order valence-corrected chi connectivity index (χ4v) is 4.79. The Balaban J connectivity index is 3.57. The van der Waals surface area contributed by atoms with E-state index in [1.807, 2.05) is 0 Å². The molecule has 0 bridgehead atoms. The van der Waals surface area contributed by atoms with Gasteiger partial charge in [-0.15, -0.1) is 0 Å². The monoisotopic (exact) mass is 422 g/mol. The van der Waals surface area contributed by atoms with Crippen LogP contribution < -0.4 is 0 Å². The van der Waals surface area contributed by atoms with Crippen molar-refractivity contribution in [1.29, 1.82) is 0 Å². The van der Waals surface area contributed by atoms with E-state index in [1.165, 1.54) is 103 Å². The molecule has 0 fully saturated rings. The van der Waals surface area contributed by atoms with Gasteiger partial charge in [-0.25, -0.2) is 0 Å². The highest BCUT2D eigenvalue weighted by atomic mass is 14.2. The molecule has 30 heavy (non-hydrogen) atoms. The van der Waals surface area contributed by atoms with Gasteiger partial charge in [0, 0.05) is 0 Å². The highest BCUT2D eigenvalue weighted by Gasteiger charge is 2.10. The SMILES string of the molecule is CC(C)CCCCC(C)CCC(C)CCCCC(C)CCC(C)CCCCC(C)C. The fraction of sp³-hybridized carbons (Fsp3) is 1.00. The second-order valence-electron chi connectivity index (χ2n) is 12.2. The number of unbranched alkanes of at least 4 members (excludes halogenated alkanes) is 3. The molecule has 0 radical (unpaired) electrons. The van der Waals surface area contributed by atoms with Gasteiger partial charge in [0.15, 0.2) is 0 Å². The van der Waals surface area contributed by atoms with Crippen molar-refractivity contribution in [2.75, 3.05) is 0 Å². The Kier molecular flexibility index (Phi) is 19.7. The Morgan fingerprint density at radius 3 is 0.667 bits per heavy atom. The smallest absolute Gasteiger partial charge is 0.0443 e. The Bertz CT molecular complexity index is 308. The Morgan fingerprint density at radius 2 is 0.467 bits per heavy atom. The van der Waals surface area contributed by atoms with Crippen molar-refractivity contribution in [3.63, 3.8) is 0 Å². The summed E-state index contributed by atoms with van der Waals surface area (Å²) in [4.78, 5) is 0. The van der Waals surface area contributed by atoms with E-state index in [9.17, 15) is 0 Å². The third-order valence-corrected chi connectivity index (χ3v) is 7.41. The van der Waals surface area contributed by atoms with Crippen LogP contribution in [0.1, 0.15) is 158 Å². The van der Waals surface area contributed by atoms with Crippen LogP contribution in [0.15, 0.2) is 0 Å². The van der Waals surface area contributed by atoms with E-state index in [1.54, 1.807) is 0 Å². The second-order valence-corrected chi connectivity index (χ2v) is 12.2. The van der Waals surface area contributed by atoms with Gasteiger partial charge < -0.3 is 0 Å². The lowest BCUT2D eigenvalue weighted by Gasteiger charge is -2.17. The number of hydrogen-bond acceptors (Lipinski definition) is 0. The van der Waals surface area contributed by atoms with Crippen molar-refractivity contribution < 1.29 is 0 Å². The second kappa shape index (κ2) is 19.7. The molecule has 182 valence electrons. The molecule has 0 N–H and O–H groups in total. The molecule has 0 aliphatic heterocycles. The summed E-state index contributed by atoms with van der Waals surface area (Å²) in [5.74, 6) is 5.50. The lowest BCUT2D eigenvalue weighted by Crippen LogP contribution is -2.03. The lowest BCUT2D eigenvalue weighted by molar-refractivity contribution is 0.356. The summed E-state index contributed by atoms with van der Waals surface area (Å²) < 4.78 is 0. The van der Waals surface area contributed by atoms with Gasteiger partial charge in [0.1, 0.15) is 0 Å². The maximum atomic E-state index is 2.50. The first kappa shape index (κ1) is 30.0. The molecule has 0 rings (SSSR count). The third kappa shape index (κ3) is 21.2. The summed E-state index contributed by atoms with van der Waals surface area (Å²) in [5, 5.41) is 0. The van der Waals surface area contributed by atoms with Crippen LogP contribution in [-0.4, -0.2) is 0 Å². The normalized spacial score (nSPS) is 16.2. The molecule has 0 nitrogen and oxygen atoms in total. The molecular formula is C30H62. The van der Waals surface area contributed by atoms with Crippen LogP contribution in [0, 0.1) is 35.5 Å². The van der Waals surface area contributed by atoms with Gasteiger partial charge in [-0.1, -0.05) is 158 Å². The topological polar surface area (TPSA) is 0 Å². The van der Waals surface area contributed by atoms with Crippen molar-refractivity contribution in [2.45, 2.75) is 158 Å². The summed E-state index contributed by atoms with van der Waals surface area (Å²) in [6, 6.07) is 0. The molecule has 0 saturated heterocycles. The molecule has 0 aromatic carbocycles. The van der Waals surface area contributed by atoms with Crippen LogP contribution in [0.4, 0.5) is 0 Å². The van der Waals surface area contributed by atoms with E-state index >= 15 is 0 Å². The van der Waals surface area contributed by atoms with Gasteiger partial charge in [0.25, 0.3) is 0 Å². The van der Waals surface area contributed by atoms with Crippen molar-refractivity contribution >= 4 is 0 Å². The molecule has 0 aromatic rings. The number of rotatable bonds is 21. The predicted molar refractivity (Wildman–Crippen MR) is 140 cm³/mol. The van der Waals surface area contributed by atoms with E-state index in [0.29, 0.717) is 0 Å². The minimum Gasteiger partial charge on any atom is -0.0628 e. The Labute approximate surface area is 193 Å². The molecule has 0 saturated carbocycles. The molecule has 0 aliphatic carbocycles. The summed E-state index contributed by atoms with van der Waals surface area (Å²) in [7, 11) is 0. The lowest BCUT2D eigenvalue weighted by atomic mass is 9.89. The summed E-state index contributed by atoms with van der Waals surface area (Å²) in [6.45, 7) is 19.4. The summed E-state index contributed by atoms with van der Waals surface area (Å²) >= 11 is 0. The largest absolute Gasteiger partial charge is 0.0628 e. The van der Waals surface area contributed by atoms with Gasteiger partial charge in [-0.2, -0.15) is 0 Å². The zero-order chi connectivity index (χ0) is 22.8. The predicted octanol–water partition coefficient (Wildman–Crippen LogP) is 11.1. The molecule has 0 heteroatoms. The quantitative estimate of drug-likeness (QED) is 0.161. The van der Waals surface area contributed by atoms with Crippen molar-refractivity contribution in [3.05, 3.63) is 0 Å². The molecule has 4 atom stereocenters. The summed E-state index contributed by atoms with van der Waals surface area (Å²) in [6.07, 6.45) is 23.1. The van der Waals surface area contributed by atoms with Gasteiger partial charge in [0.05, 0.1) is 0 Å². The highest BCUT2D eigenvalue weighted by Crippen LogP contribution is 2.25. The van der Waals surface area contributed by atoms with Crippen LogP contribution >= 0.6 is 0 Å². The van der Waals surface area contributed by atoms with Crippen molar-refractivity contribution in [3.8, 4) is 0 Å². The molecule has 0 heterocycles. The first-order valence-electron chi connectivity index (χ1n) is 14.2. The van der Waals surface area contributed by atoms with Gasteiger partial charge >= 0.3 is 0 Å². The number of hydrogen-bond donors (Lipinski definition) is 0. The van der Waals surface area contributed by atoms with E-state index in [0.717, 1.165) is 35.5 Å². The standard InChI is InChI=1S/C30H62/c1-25(2)15-9-11-17-27(5)21-23-29(7)19-13-14-20-30(8)24-22-28(6)18-12-10-16-26(3)4/h25-30H,9-24H2,1-8H3. The van der Waals surface area contributed by atoms with Crippen LogP contribution in [-0.2, 0) is 0 Å². The average Bonchev–Trinajstić information content (AvgIpc) is 2.68. The molecule has 0 spiro atoms. The van der Waals surface area contributed by atoms with Crippen molar-refractivity contribution in [1.82, 2.24) is 0 Å². The molecular weight excluding hydrogens is 360 g/mol. The maximum Gasteiger partial charge on any atom is -0.0443 e. The maximum absolute atomic E-state index is 2.50. The van der Waals surface area contributed by atoms with Gasteiger partial charge in [-0.3, -0.25) is 0 Å². The van der Waals surface area contributed by atoms with Gasteiger partial charge in [0.2, 0.25) is 0 Å². The average molecular weight is 423 g/mol. The third-order valence-electron chi connectivity index (χ3n) is 7.41. The van der Waals surface area contributed by atoms with E-state index in [2.05, 4.69) is 55.4 Å². The van der Waals surface area contributed by atoms with Crippen LogP contribution in [0.3, 0.4) is 0 Å².